The number of amides is 2. The molecule has 30 heavy (non-hydrogen) atoms. The second-order valence-corrected chi connectivity index (χ2v) is 8.82. The largest absolute Gasteiger partial charge is 0.492 e. The first-order chi connectivity index (χ1) is 14.4. The van der Waals surface area contributed by atoms with E-state index in [1.807, 2.05) is 30.9 Å². The summed E-state index contributed by atoms with van der Waals surface area (Å²) in [6.45, 7) is 10.6. The third-order valence-corrected chi connectivity index (χ3v) is 5.82. The van der Waals surface area contributed by atoms with Crippen molar-refractivity contribution in [2.24, 2.45) is 5.92 Å². The van der Waals surface area contributed by atoms with Gasteiger partial charge in [0.05, 0.1) is 0 Å². The van der Waals surface area contributed by atoms with E-state index in [1.165, 1.54) is 5.56 Å². The smallest absolute Gasteiger partial charge is 0.225 e. The number of piperazine rings is 1. The number of likely N-dealkylation sites (N-methyl/N-ethyl adjacent to an activating group) is 1. The van der Waals surface area contributed by atoms with Crippen molar-refractivity contribution in [3.63, 3.8) is 0 Å². The molecule has 1 aromatic rings. The molecule has 166 valence electrons. The number of nitrogens with zero attached hydrogens (tertiary/aromatic N) is 3. The minimum Gasteiger partial charge on any atom is -0.492 e. The van der Waals surface area contributed by atoms with Gasteiger partial charge in [-0.15, -0.1) is 0 Å². The molecule has 0 bridgehead atoms. The Morgan fingerprint density at radius 1 is 1.27 bits per heavy atom. The van der Waals surface area contributed by atoms with E-state index in [1.54, 1.807) is 0 Å². The van der Waals surface area contributed by atoms with Gasteiger partial charge in [0.1, 0.15) is 12.4 Å². The minimum absolute atomic E-state index is 0.0723. The first-order valence-corrected chi connectivity index (χ1v) is 11.1. The molecular formula is C23H36N4O3. The maximum absolute atomic E-state index is 12.1. The summed E-state index contributed by atoms with van der Waals surface area (Å²) in [5, 5.41) is 3.02. The zero-order chi connectivity index (χ0) is 21.5. The number of hydrogen-bond donors (Lipinski definition) is 1. The average Bonchev–Trinajstić information content (AvgIpc) is 3.12. The number of nitrogens with one attached hydrogen (secondary N) is 1. The summed E-state index contributed by atoms with van der Waals surface area (Å²) in [7, 11) is 2.09. The van der Waals surface area contributed by atoms with Crippen LogP contribution < -0.4 is 10.1 Å². The molecule has 1 aromatic carbocycles. The van der Waals surface area contributed by atoms with Crippen LogP contribution in [0, 0.1) is 5.92 Å². The minimum atomic E-state index is 0.0723. The molecule has 2 heterocycles. The predicted octanol–water partition coefficient (Wildman–Crippen LogP) is 1.58. The molecule has 0 aromatic heterocycles. The van der Waals surface area contributed by atoms with Crippen LogP contribution in [0.5, 0.6) is 5.75 Å². The molecule has 1 atom stereocenters. The van der Waals surface area contributed by atoms with Crippen molar-refractivity contribution in [2.45, 2.75) is 39.3 Å². The van der Waals surface area contributed by atoms with E-state index in [0.717, 1.165) is 58.0 Å². The van der Waals surface area contributed by atoms with E-state index in [-0.39, 0.29) is 23.8 Å². The lowest BCUT2D eigenvalue weighted by Gasteiger charge is -2.35. The monoisotopic (exact) mass is 416 g/mol. The SMILES string of the molecule is CC(C)C(=O)N1CCN(CCOc2cccc(CN(C)C[C@H]3CCC(=O)N3)c2)CC1. The molecule has 1 N–H and O–H groups in total. The first kappa shape index (κ1) is 22.6. The Hall–Kier alpha value is -2.12. The molecule has 2 amide bonds. The van der Waals surface area contributed by atoms with Crippen molar-refractivity contribution in [3.05, 3.63) is 29.8 Å². The van der Waals surface area contributed by atoms with Gasteiger partial charge in [-0.05, 0) is 31.2 Å². The van der Waals surface area contributed by atoms with Crippen molar-refractivity contribution in [3.8, 4) is 5.75 Å². The van der Waals surface area contributed by atoms with Crippen LogP contribution in [-0.4, -0.2) is 85.5 Å². The van der Waals surface area contributed by atoms with Gasteiger partial charge in [-0.1, -0.05) is 26.0 Å². The maximum Gasteiger partial charge on any atom is 0.225 e. The molecule has 2 aliphatic rings. The second-order valence-electron chi connectivity index (χ2n) is 8.82. The van der Waals surface area contributed by atoms with Crippen LogP contribution in [-0.2, 0) is 16.1 Å². The summed E-state index contributed by atoms with van der Waals surface area (Å²) in [6, 6.07) is 8.51. The molecular weight excluding hydrogens is 380 g/mol. The van der Waals surface area contributed by atoms with Crippen molar-refractivity contribution in [1.82, 2.24) is 20.0 Å². The predicted molar refractivity (Wildman–Crippen MR) is 117 cm³/mol. The molecule has 0 unspecified atom stereocenters. The van der Waals surface area contributed by atoms with Gasteiger partial charge < -0.3 is 19.9 Å². The fraction of sp³-hybridized carbons (Fsp3) is 0.652. The highest BCUT2D eigenvalue weighted by atomic mass is 16.5. The molecule has 2 aliphatic heterocycles. The molecule has 2 saturated heterocycles. The van der Waals surface area contributed by atoms with Gasteiger partial charge in [-0.2, -0.15) is 0 Å². The molecule has 7 heteroatoms. The molecule has 7 nitrogen and oxygen atoms in total. The van der Waals surface area contributed by atoms with E-state index < -0.39 is 0 Å². The van der Waals surface area contributed by atoms with Crippen LogP contribution in [0.3, 0.4) is 0 Å². The van der Waals surface area contributed by atoms with Crippen molar-refractivity contribution in [2.75, 3.05) is 52.9 Å². The summed E-state index contributed by atoms with van der Waals surface area (Å²) in [6.07, 6.45) is 1.57. The number of carbonyl (C=O) groups excluding carboxylic acids is 2. The summed E-state index contributed by atoms with van der Waals surface area (Å²) in [5.41, 5.74) is 1.21. The van der Waals surface area contributed by atoms with Gasteiger partial charge in [-0.25, -0.2) is 0 Å². The van der Waals surface area contributed by atoms with Crippen LogP contribution in [0.25, 0.3) is 0 Å². The van der Waals surface area contributed by atoms with Gasteiger partial charge in [0.25, 0.3) is 0 Å². The molecule has 0 spiro atoms. The van der Waals surface area contributed by atoms with E-state index in [9.17, 15) is 9.59 Å². The lowest BCUT2D eigenvalue weighted by Crippen LogP contribution is -2.50. The van der Waals surface area contributed by atoms with E-state index in [4.69, 9.17) is 4.74 Å². The summed E-state index contributed by atoms with van der Waals surface area (Å²) in [4.78, 5) is 30.0. The van der Waals surface area contributed by atoms with Crippen LogP contribution in [0.2, 0.25) is 0 Å². The van der Waals surface area contributed by atoms with E-state index in [2.05, 4.69) is 34.3 Å². The highest BCUT2D eigenvalue weighted by molar-refractivity contribution is 5.78. The quantitative estimate of drug-likeness (QED) is 0.662. The Morgan fingerprint density at radius 3 is 2.70 bits per heavy atom. The van der Waals surface area contributed by atoms with E-state index >= 15 is 0 Å². The Bertz CT molecular complexity index is 716. The zero-order valence-corrected chi connectivity index (χ0v) is 18.6. The summed E-state index contributed by atoms with van der Waals surface area (Å²) in [5.74, 6) is 1.38. The van der Waals surface area contributed by atoms with Crippen molar-refractivity contribution >= 4 is 11.8 Å². The Labute approximate surface area is 180 Å². The van der Waals surface area contributed by atoms with Gasteiger partial charge in [0, 0.05) is 64.2 Å². The Morgan fingerprint density at radius 2 is 2.03 bits per heavy atom. The molecule has 3 rings (SSSR count). The highest BCUT2D eigenvalue weighted by Gasteiger charge is 2.23. The summed E-state index contributed by atoms with van der Waals surface area (Å²) < 4.78 is 5.99. The number of rotatable bonds is 9. The first-order valence-electron chi connectivity index (χ1n) is 11.1. The van der Waals surface area contributed by atoms with Crippen molar-refractivity contribution < 1.29 is 14.3 Å². The van der Waals surface area contributed by atoms with Gasteiger partial charge in [0.15, 0.2) is 0 Å². The third kappa shape index (κ3) is 6.71. The number of benzene rings is 1. The zero-order valence-electron chi connectivity index (χ0n) is 18.6. The highest BCUT2D eigenvalue weighted by Crippen LogP contribution is 2.16. The van der Waals surface area contributed by atoms with Crippen LogP contribution in [0.4, 0.5) is 0 Å². The van der Waals surface area contributed by atoms with Crippen LogP contribution in [0.1, 0.15) is 32.3 Å². The normalized spacial score (nSPS) is 20.1. The van der Waals surface area contributed by atoms with Crippen LogP contribution in [0.15, 0.2) is 24.3 Å². The Kier molecular flexibility index (Phi) is 8.10. The number of ether oxygens (including phenoxy) is 1. The lowest BCUT2D eigenvalue weighted by molar-refractivity contribution is -0.136. The molecule has 2 fully saturated rings. The number of carbonyl (C=O) groups is 2. The lowest BCUT2D eigenvalue weighted by atomic mass is 10.1. The third-order valence-electron chi connectivity index (χ3n) is 5.82. The molecule has 0 saturated carbocycles. The Balaban J connectivity index is 1.37. The number of hydrogen-bond acceptors (Lipinski definition) is 5. The van der Waals surface area contributed by atoms with Gasteiger partial charge in [-0.3, -0.25) is 14.5 Å². The fourth-order valence-electron chi connectivity index (χ4n) is 4.15. The topological polar surface area (TPSA) is 65.1 Å². The standard InChI is InChI=1S/C23H36N4O3/c1-18(2)23(29)27-11-9-26(10-12-27)13-14-30-21-6-4-5-19(15-21)16-25(3)17-20-7-8-22(28)24-20/h4-6,15,18,20H,7-14,16-17H2,1-3H3,(H,24,28)/t20-/m1/s1. The maximum atomic E-state index is 12.1. The van der Waals surface area contributed by atoms with Gasteiger partial charge in [0.2, 0.25) is 11.8 Å². The van der Waals surface area contributed by atoms with Gasteiger partial charge >= 0.3 is 0 Å². The molecule has 0 radical (unpaired) electrons. The average molecular weight is 417 g/mol. The second kappa shape index (κ2) is 10.8. The fourth-order valence-corrected chi connectivity index (χ4v) is 4.15. The summed E-state index contributed by atoms with van der Waals surface area (Å²) >= 11 is 0. The van der Waals surface area contributed by atoms with Crippen molar-refractivity contribution in [1.29, 1.82) is 0 Å². The molecule has 0 aliphatic carbocycles. The van der Waals surface area contributed by atoms with Crippen LogP contribution >= 0.6 is 0 Å². The van der Waals surface area contributed by atoms with E-state index in [0.29, 0.717) is 13.0 Å².